The molecule has 29 heavy (non-hydrogen) atoms. The maximum absolute atomic E-state index is 12.6. The van der Waals surface area contributed by atoms with Crippen LogP contribution in [0.2, 0.25) is 0 Å². The van der Waals surface area contributed by atoms with Crippen LogP contribution in [-0.4, -0.2) is 27.2 Å². The highest BCUT2D eigenvalue weighted by Gasteiger charge is 2.34. The van der Waals surface area contributed by atoms with Crippen LogP contribution in [-0.2, 0) is 11.3 Å². The molecule has 4 nitrogen and oxygen atoms in total. The molecule has 1 aliphatic heterocycles. The molecule has 0 unspecified atom stereocenters. The van der Waals surface area contributed by atoms with Crippen molar-refractivity contribution in [3.8, 4) is 12.3 Å². The van der Waals surface area contributed by atoms with E-state index < -0.39 is 0 Å². The summed E-state index contributed by atoms with van der Waals surface area (Å²) in [6.07, 6.45) is 7.10. The van der Waals surface area contributed by atoms with Gasteiger partial charge in [0.2, 0.25) is 0 Å². The molecule has 0 radical (unpaired) electrons. The molecule has 0 aliphatic carbocycles. The highest BCUT2D eigenvalue weighted by Crippen LogP contribution is 2.35. The van der Waals surface area contributed by atoms with Crippen LogP contribution in [0.25, 0.3) is 17.0 Å². The topological polar surface area (TPSA) is 42.3 Å². The minimum absolute atomic E-state index is 0.00762. The second kappa shape index (κ2) is 7.94. The number of terminal acetylenes is 1. The van der Waals surface area contributed by atoms with E-state index in [1.54, 1.807) is 0 Å². The van der Waals surface area contributed by atoms with Gasteiger partial charge in [-0.1, -0.05) is 52.2 Å². The number of thioether (sulfide) groups is 1. The minimum atomic E-state index is -0.331. The fraction of sp³-hybridized carbons (Fsp3) is 0.130. The zero-order chi connectivity index (χ0) is 20.5. The summed E-state index contributed by atoms with van der Waals surface area (Å²) >= 11 is 4.41. The zero-order valence-electron chi connectivity index (χ0n) is 15.7. The number of carbonyl (C=O) groups is 2. The van der Waals surface area contributed by atoms with Crippen molar-refractivity contribution in [2.75, 3.05) is 6.54 Å². The van der Waals surface area contributed by atoms with Crippen molar-refractivity contribution < 1.29 is 9.59 Å². The van der Waals surface area contributed by atoms with Gasteiger partial charge < -0.3 is 4.57 Å². The predicted octanol–water partition coefficient (Wildman–Crippen LogP) is 5.43. The third-order valence-corrected chi connectivity index (χ3v) is 6.37. The normalized spacial score (nSPS) is 15.5. The molecule has 0 spiro atoms. The Hall–Kier alpha value is -2.75. The Kier molecular flexibility index (Phi) is 5.35. The van der Waals surface area contributed by atoms with Crippen LogP contribution >= 0.6 is 27.7 Å². The first-order valence-corrected chi connectivity index (χ1v) is 10.6. The molecule has 0 atom stereocenters. The Balaban J connectivity index is 1.79. The lowest BCUT2D eigenvalue weighted by Gasteiger charge is -2.09. The number of aromatic nitrogens is 1. The summed E-state index contributed by atoms with van der Waals surface area (Å²) in [4.78, 5) is 26.2. The first kappa shape index (κ1) is 19.6. The van der Waals surface area contributed by atoms with Crippen molar-refractivity contribution >= 4 is 55.8 Å². The third-order valence-electron chi connectivity index (χ3n) is 4.93. The molecule has 2 amide bonds. The predicted molar refractivity (Wildman–Crippen MR) is 121 cm³/mol. The molecule has 3 aromatic rings. The molecule has 2 heterocycles. The Morgan fingerprint density at radius 2 is 1.86 bits per heavy atom. The zero-order valence-corrected chi connectivity index (χ0v) is 18.1. The lowest BCUT2D eigenvalue weighted by molar-refractivity contribution is -0.122. The number of amides is 2. The van der Waals surface area contributed by atoms with E-state index in [0.717, 1.165) is 43.3 Å². The molecular formula is C23H17BrN2O2S. The number of rotatable bonds is 4. The van der Waals surface area contributed by atoms with Gasteiger partial charge in [-0.15, -0.1) is 6.42 Å². The summed E-state index contributed by atoms with van der Waals surface area (Å²) in [6.45, 7) is 2.74. The van der Waals surface area contributed by atoms with Gasteiger partial charge in [0, 0.05) is 33.2 Å². The molecule has 6 heteroatoms. The number of nitrogens with zero attached hydrogens (tertiary/aromatic N) is 2. The average Bonchev–Trinajstić information content (AvgIpc) is 3.13. The van der Waals surface area contributed by atoms with Crippen LogP contribution < -0.4 is 0 Å². The molecule has 1 aromatic heterocycles. The number of hydrogen-bond acceptors (Lipinski definition) is 3. The number of para-hydroxylation sites is 1. The minimum Gasteiger partial charge on any atom is -0.340 e. The number of benzene rings is 2. The van der Waals surface area contributed by atoms with Crippen molar-refractivity contribution in [3.63, 3.8) is 0 Å². The highest BCUT2D eigenvalue weighted by atomic mass is 79.9. The van der Waals surface area contributed by atoms with Crippen LogP contribution in [0, 0.1) is 19.3 Å². The van der Waals surface area contributed by atoms with E-state index in [0.29, 0.717) is 11.4 Å². The van der Waals surface area contributed by atoms with Gasteiger partial charge >= 0.3 is 0 Å². The van der Waals surface area contributed by atoms with Gasteiger partial charge in [0.15, 0.2) is 0 Å². The van der Waals surface area contributed by atoms with Crippen LogP contribution in [0.15, 0.2) is 57.9 Å². The maximum atomic E-state index is 12.6. The van der Waals surface area contributed by atoms with E-state index in [1.807, 2.05) is 43.3 Å². The van der Waals surface area contributed by atoms with Crippen LogP contribution in [0.1, 0.15) is 16.8 Å². The smallest absolute Gasteiger partial charge is 0.294 e. The van der Waals surface area contributed by atoms with Crippen LogP contribution in [0.3, 0.4) is 0 Å². The molecule has 0 bridgehead atoms. The largest absolute Gasteiger partial charge is 0.340 e. The molecule has 2 aromatic carbocycles. The van der Waals surface area contributed by atoms with E-state index in [9.17, 15) is 9.59 Å². The Morgan fingerprint density at radius 3 is 2.59 bits per heavy atom. The molecule has 1 aliphatic rings. The van der Waals surface area contributed by atoms with Gasteiger partial charge in [-0.2, -0.15) is 0 Å². The molecule has 1 fully saturated rings. The Bertz CT molecular complexity index is 1200. The van der Waals surface area contributed by atoms with Gasteiger partial charge in [-0.25, -0.2) is 0 Å². The fourth-order valence-corrected chi connectivity index (χ4v) is 4.56. The summed E-state index contributed by atoms with van der Waals surface area (Å²) < 4.78 is 3.27. The van der Waals surface area contributed by atoms with Gasteiger partial charge in [0.05, 0.1) is 11.4 Å². The van der Waals surface area contributed by atoms with Crippen molar-refractivity contribution in [1.29, 1.82) is 0 Å². The Labute approximate surface area is 181 Å². The summed E-state index contributed by atoms with van der Waals surface area (Å²) in [7, 11) is 0. The summed E-state index contributed by atoms with van der Waals surface area (Å²) in [5.74, 6) is 2.04. The van der Waals surface area contributed by atoms with Gasteiger partial charge in [0.25, 0.3) is 11.1 Å². The lowest BCUT2D eigenvalue weighted by atomic mass is 10.1. The average molecular weight is 465 g/mol. The van der Waals surface area contributed by atoms with Crippen LogP contribution in [0.4, 0.5) is 4.79 Å². The standard InChI is InChI=1S/C23H17BrN2O2S/c1-3-12-25-22(27)21(29-23(25)28)13-19-15(2)26(20-7-5-4-6-18(19)20)14-16-8-10-17(24)11-9-16/h1,4-11,13H,12,14H2,2H3/b21-13-. The molecule has 0 N–H and O–H groups in total. The molecular weight excluding hydrogens is 448 g/mol. The first-order valence-electron chi connectivity index (χ1n) is 9.00. The van der Waals surface area contributed by atoms with Crippen molar-refractivity contribution in [3.05, 3.63) is 74.7 Å². The number of hydrogen-bond donors (Lipinski definition) is 0. The van der Waals surface area contributed by atoms with E-state index >= 15 is 0 Å². The quantitative estimate of drug-likeness (QED) is 0.381. The summed E-state index contributed by atoms with van der Waals surface area (Å²) in [6, 6.07) is 16.3. The number of imide groups is 1. The van der Waals surface area contributed by atoms with Crippen molar-refractivity contribution in [1.82, 2.24) is 9.47 Å². The monoisotopic (exact) mass is 464 g/mol. The van der Waals surface area contributed by atoms with E-state index in [-0.39, 0.29) is 17.7 Å². The van der Waals surface area contributed by atoms with E-state index in [2.05, 4.69) is 44.6 Å². The van der Waals surface area contributed by atoms with Crippen molar-refractivity contribution in [2.24, 2.45) is 0 Å². The van der Waals surface area contributed by atoms with E-state index in [4.69, 9.17) is 6.42 Å². The molecule has 0 saturated carbocycles. The fourth-order valence-electron chi connectivity index (χ4n) is 3.47. The number of carbonyl (C=O) groups excluding carboxylic acids is 2. The van der Waals surface area contributed by atoms with Crippen LogP contribution in [0.5, 0.6) is 0 Å². The van der Waals surface area contributed by atoms with Gasteiger partial charge in [0.1, 0.15) is 0 Å². The summed E-state index contributed by atoms with van der Waals surface area (Å²) in [5, 5.41) is 0.723. The van der Waals surface area contributed by atoms with Gasteiger partial charge in [-0.3, -0.25) is 14.5 Å². The second-order valence-corrected chi connectivity index (χ2v) is 8.61. The molecule has 144 valence electrons. The van der Waals surface area contributed by atoms with Gasteiger partial charge in [-0.05, 0) is 48.5 Å². The first-order chi connectivity index (χ1) is 14.0. The SMILES string of the molecule is C#CCN1C(=O)S/C(=C\c2c(C)n(Cc3ccc(Br)cc3)c3ccccc23)C1=O. The van der Waals surface area contributed by atoms with E-state index in [1.165, 1.54) is 5.56 Å². The molecule has 1 saturated heterocycles. The maximum Gasteiger partial charge on any atom is 0.294 e. The van der Waals surface area contributed by atoms with Crippen molar-refractivity contribution in [2.45, 2.75) is 13.5 Å². The number of fused-ring (bicyclic) bond motifs is 1. The lowest BCUT2D eigenvalue weighted by Crippen LogP contribution is -2.28. The Morgan fingerprint density at radius 1 is 1.14 bits per heavy atom. The summed E-state index contributed by atoms with van der Waals surface area (Å²) in [5.41, 5.74) is 4.25. The third kappa shape index (κ3) is 3.64. The molecule has 4 rings (SSSR count). The second-order valence-electron chi connectivity index (χ2n) is 6.70. The number of halogens is 1. The highest BCUT2D eigenvalue weighted by molar-refractivity contribution is 9.10.